The van der Waals surface area contributed by atoms with Gasteiger partial charge in [0.1, 0.15) is 0 Å². The molecule has 2 heteroatoms. The maximum atomic E-state index is 11.9. The van der Waals surface area contributed by atoms with Crippen molar-refractivity contribution in [1.29, 1.82) is 0 Å². The van der Waals surface area contributed by atoms with Gasteiger partial charge in [-0.2, -0.15) is 0 Å². The van der Waals surface area contributed by atoms with Crippen LogP contribution in [0.15, 0.2) is 52.5 Å². The molecule has 2 rings (SSSR count). The highest BCUT2D eigenvalue weighted by molar-refractivity contribution is 9.10. The van der Waals surface area contributed by atoms with Crippen molar-refractivity contribution in [2.75, 3.05) is 0 Å². The number of carbonyl (C=O) groups excluding carboxylic acids is 1. The van der Waals surface area contributed by atoms with Crippen LogP contribution in [0.4, 0.5) is 0 Å². The molecule has 0 atom stereocenters. The van der Waals surface area contributed by atoms with Gasteiger partial charge >= 0.3 is 0 Å². The molecule has 0 aliphatic heterocycles. The van der Waals surface area contributed by atoms with E-state index < -0.39 is 0 Å². The lowest BCUT2D eigenvalue weighted by Crippen LogP contribution is -2.00. The maximum Gasteiger partial charge on any atom is 0.167 e. The average Bonchev–Trinajstić information content (AvgIpc) is 2.31. The summed E-state index contributed by atoms with van der Waals surface area (Å²) in [6.45, 7) is 0. The van der Waals surface area contributed by atoms with Gasteiger partial charge in [-0.05, 0) is 30.5 Å². The fraction of sp³-hybridized carbons (Fsp3) is 0.214. The molecule has 0 N–H and O–H groups in total. The summed E-state index contributed by atoms with van der Waals surface area (Å²) in [4.78, 5) is 11.9. The van der Waals surface area contributed by atoms with E-state index in [-0.39, 0.29) is 5.78 Å². The lowest BCUT2D eigenvalue weighted by Gasteiger charge is -2.06. The van der Waals surface area contributed by atoms with E-state index in [4.69, 9.17) is 0 Å². The van der Waals surface area contributed by atoms with Crippen molar-refractivity contribution in [3.63, 3.8) is 0 Å². The highest BCUT2D eigenvalue weighted by Gasteiger charge is 2.08. The van der Waals surface area contributed by atoms with Gasteiger partial charge in [0.05, 0.1) is 0 Å². The fourth-order valence-corrected chi connectivity index (χ4v) is 1.99. The van der Waals surface area contributed by atoms with Gasteiger partial charge < -0.3 is 0 Å². The molecule has 0 aromatic heterocycles. The predicted molar refractivity (Wildman–Crippen MR) is 69.5 cm³/mol. The molecular formula is C14H13BrO. The van der Waals surface area contributed by atoms with Gasteiger partial charge in [0.15, 0.2) is 5.78 Å². The van der Waals surface area contributed by atoms with Crippen molar-refractivity contribution in [2.24, 2.45) is 0 Å². The Bertz CT molecular complexity index is 440. The van der Waals surface area contributed by atoms with Crippen molar-refractivity contribution < 1.29 is 4.79 Å². The van der Waals surface area contributed by atoms with E-state index in [1.54, 1.807) is 0 Å². The maximum absolute atomic E-state index is 11.9. The van der Waals surface area contributed by atoms with E-state index in [1.807, 2.05) is 24.3 Å². The van der Waals surface area contributed by atoms with Crippen molar-refractivity contribution in [3.8, 4) is 0 Å². The van der Waals surface area contributed by atoms with E-state index >= 15 is 0 Å². The van der Waals surface area contributed by atoms with E-state index in [9.17, 15) is 4.79 Å². The molecule has 0 spiro atoms. The highest BCUT2D eigenvalue weighted by atomic mass is 79.9. The van der Waals surface area contributed by atoms with Crippen LogP contribution in [0.3, 0.4) is 0 Å². The standard InChI is InChI=1S/C14H13BrO/c15-13-8-6-12(7-9-13)14(16)10-11-4-2-1-3-5-11/h2,4-9H,1,3,10H2. The summed E-state index contributed by atoms with van der Waals surface area (Å²) in [5.41, 5.74) is 1.92. The van der Waals surface area contributed by atoms with E-state index in [0.717, 1.165) is 28.5 Å². The first-order valence-corrected chi connectivity index (χ1v) is 6.19. The summed E-state index contributed by atoms with van der Waals surface area (Å²) < 4.78 is 1.00. The summed E-state index contributed by atoms with van der Waals surface area (Å²) in [6, 6.07) is 7.52. The minimum atomic E-state index is 0.185. The first kappa shape index (κ1) is 11.3. The minimum Gasteiger partial charge on any atom is -0.294 e. The molecule has 82 valence electrons. The van der Waals surface area contributed by atoms with Gasteiger partial charge in [0.2, 0.25) is 0 Å². The van der Waals surface area contributed by atoms with E-state index in [2.05, 4.69) is 34.2 Å². The van der Waals surface area contributed by atoms with Crippen molar-refractivity contribution >= 4 is 21.7 Å². The van der Waals surface area contributed by atoms with Crippen LogP contribution in [0.25, 0.3) is 0 Å². The predicted octanol–water partition coefficient (Wildman–Crippen LogP) is 4.30. The summed E-state index contributed by atoms with van der Waals surface area (Å²) in [5, 5.41) is 0. The number of ketones is 1. The molecule has 0 heterocycles. The Labute approximate surface area is 104 Å². The van der Waals surface area contributed by atoms with Gasteiger partial charge in [-0.15, -0.1) is 0 Å². The van der Waals surface area contributed by atoms with E-state index in [1.165, 1.54) is 0 Å². The number of rotatable bonds is 3. The highest BCUT2D eigenvalue weighted by Crippen LogP contribution is 2.17. The van der Waals surface area contributed by atoms with Crippen LogP contribution < -0.4 is 0 Å². The monoisotopic (exact) mass is 276 g/mol. The summed E-state index contributed by atoms with van der Waals surface area (Å²) in [6.07, 6.45) is 8.99. The van der Waals surface area contributed by atoms with Gasteiger partial charge in [-0.1, -0.05) is 46.3 Å². The zero-order chi connectivity index (χ0) is 11.4. The number of allylic oxidation sites excluding steroid dienone is 4. The normalized spacial score (nSPS) is 14.7. The molecule has 0 amide bonds. The van der Waals surface area contributed by atoms with Gasteiger partial charge in [-0.25, -0.2) is 0 Å². The lowest BCUT2D eigenvalue weighted by molar-refractivity contribution is 0.0993. The van der Waals surface area contributed by atoms with Gasteiger partial charge in [-0.3, -0.25) is 4.79 Å². The largest absolute Gasteiger partial charge is 0.294 e. The molecule has 1 aromatic rings. The molecule has 16 heavy (non-hydrogen) atoms. The summed E-state index contributed by atoms with van der Waals surface area (Å²) >= 11 is 3.36. The van der Waals surface area contributed by atoms with Crippen molar-refractivity contribution in [3.05, 3.63) is 58.1 Å². The molecule has 0 saturated carbocycles. The molecule has 0 unspecified atom stereocenters. The Kier molecular flexibility index (Phi) is 3.73. The third-order valence-electron chi connectivity index (χ3n) is 2.60. The number of benzene rings is 1. The van der Waals surface area contributed by atoms with Gasteiger partial charge in [0, 0.05) is 16.5 Å². The molecule has 1 aliphatic rings. The topological polar surface area (TPSA) is 17.1 Å². The zero-order valence-corrected chi connectivity index (χ0v) is 10.5. The van der Waals surface area contributed by atoms with Crippen LogP contribution in [0, 0.1) is 0 Å². The Morgan fingerprint density at radius 1 is 1.19 bits per heavy atom. The molecule has 1 aromatic carbocycles. The smallest absolute Gasteiger partial charge is 0.167 e. The number of hydrogen-bond donors (Lipinski definition) is 0. The third kappa shape index (κ3) is 2.92. The second-order valence-electron chi connectivity index (χ2n) is 3.87. The third-order valence-corrected chi connectivity index (χ3v) is 3.13. The lowest BCUT2D eigenvalue weighted by atomic mass is 9.99. The van der Waals surface area contributed by atoms with E-state index in [0.29, 0.717) is 6.42 Å². The molecule has 1 nitrogen and oxygen atoms in total. The number of Topliss-reactive ketones (excluding diaryl/α,β-unsaturated/α-hetero) is 1. The Balaban J connectivity index is 2.05. The van der Waals surface area contributed by atoms with Crippen LogP contribution in [-0.4, -0.2) is 5.78 Å². The molecular weight excluding hydrogens is 264 g/mol. The zero-order valence-electron chi connectivity index (χ0n) is 8.95. The fourth-order valence-electron chi connectivity index (χ4n) is 1.72. The SMILES string of the molecule is O=C(CC1=CCCC=C1)c1ccc(Br)cc1. The van der Waals surface area contributed by atoms with Crippen LogP contribution >= 0.6 is 15.9 Å². The van der Waals surface area contributed by atoms with Crippen molar-refractivity contribution in [1.82, 2.24) is 0 Å². The summed E-state index contributed by atoms with van der Waals surface area (Å²) in [7, 11) is 0. The average molecular weight is 277 g/mol. The molecule has 1 aliphatic carbocycles. The number of halogens is 1. The first-order chi connectivity index (χ1) is 7.75. The molecule has 0 saturated heterocycles. The van der Waals surface area contributed by atoms with Crippen LogP contribution in [0.5, 0.6) is 0 Å². The Morgan fingerprint density at radius 3 is 2.56 bits per heavy atom. The first-order valence-electron chi connectivity index (χ1n) is 5.40. The molecule has 0 bridgehead atoms. The van der Waals surface area contributed by atoms with Crippen LogP contribution in [0.2, 0.25) is 0 Å². The molecule has 0 fully saturated rings. The number of carbonyl (C=O) groups is 1. The summed E-state index contributed by atoms with van der Waals surface area (Å²) in [5.74, 6) is 0.185. The van der Waals surface area contributed by atoms with Gasteiger partial charge in [0.25, 0.3) is 0 Å². The Morgan fingerprint density at radius 2 is 1.94 bits per heavy atom. The van der Waals surface area contributed by atoms with Crippen LogP contribution in [0.1, 0.15) is 29.6 Å². The second-order valence-corrected chi connectivity index (χ2v) is 4.78. The quantitative estimate of drug-likeness (QED) is 0.753. The second kappa shape index (κ2) is 5.26. The minimum absolute atomic E-state index is 0.185. The Hall–Kier alpha value is -1.15. The number of hydrogen-bond acceptors (Lipinski definition) is 1. The van der Waals surface area contributed by atoms with Crippen LogP contribution in [-0.2, 0) is 0 Å². The van der Waals surface area contributed by atoms with Crippen molar-refractivity contribution in [2.45, 2.75) is 19.3 Å². The molecule has 0 radical (unpaired) electrons.